The third-order valence-corrected chi connectivity index (χ3v) is 3.94. The van der Waals surface area contributed by atoms with Crippen LogP contribution in [0.3, 0.4) is 0 Å². The van der Waals surface area contributed by atoms with Crippen molar-refractivity contribution in [2.75, 3.05) is 0 Å². The number of nitro groups is 1. The lowest BCUT2D eigenvalue weighted by atomic mass is 10.1. The Hall–Kier alpha value is -3.48. The van der Waals surface area contributed by atoms with Crippen LogP contribution in [0.25, 0.3) is 33.3 Å². The van der Waals surface area contributed by atoms with Crippen molar-refractivity contribution in [2.45, 2.75) is 6.92 Å². The number of nitrogens with one attached hydrogen (secondary N) is 1. The zero-order valence-electron chi connectivity index (χ0n) is 12.6. The Balaban J connectivity index is 1.99. The van der Waals surface area contributed by atoms with Crippen LogP contribution >= 0.6 is 0 Å². The summed E-state index contributed by atoms with van der Waals surface area (Å²) in [5.41, 5.74) is 2.66. The Morgan fingerprint density at radius 3 is 2.62 bits per heavy atom. The van der Waals surface area contributed by atoms with E-state index in [9.17, 15) is 14.9 Å². The van der Waals surface area contributed by atoms with Crippen LogP contribution in [0.4, 0.5) is 5.69 Å². The third kappa shape index (κ3) is 2.06. The van der Waals surface area contributed by atoms with Crippen molar-refractivity contribution in [1.29, 1.82) is 0 Å². The molecule has 0 saturated carbocycles. The maximum Gasteiger partial charge on any atom is 0.269 e. The summed E-state index contributed by atoms with van der Waals surface area (Å²) >= 11 is 0. The minimum Gasteiger partial charge on any atom is -0.337 e. The summed E-state index contributed by atoms with van der Waals surface area (Å²) in [6.45, 7) is 1.91. The van der Waals surface area contributed by atoms with Gasteiger partial charge in [0, 0.05) is 23.1 Å². The quantitative estimate of drug-likeness (QED) is 0.449. The summed E-state index contributed by atoms with van der Waals surface area (Å²) < 4.78 is 5.26. The number of fused-ring (bicyclic) bond motifs is 2. The molecule has 0 radical (unpaired) electrons. The Morgan fingerprint density at radius 1 is 1.17 bits per heavy atom. The van der Waals surface area contributed by atoms with Crippen molar-refractivity contribution in [3.63, 3.8) is 0 Å². The van der Waals surface area contributed by atoms with Gasteiger partial charge in [0.2, 0.25) is 11.1 Å². The summed E-state index contributed by atoms with van der Waals surface area (Å²) in [5, 5.41) is 15.6. The SMILES string of the molecule is Cc1ccc2[nH]c3onc(-c4ccc([N+](=O)[O-])cc4)c3c(=O)c2c1. The van der Waals surface area contributed by atoms with Crippen molar-refractivity contribution < 1.29 is 9.45 Å². The van der Waals surface area contributed by atoms with Gasteiger partial charge in [0.25, 0.3) is 5.69 Å². The van der Waals surface area contributed by atoms with Gasteiger partial charge in [0.05, 0.1) is 10.4 Å². The van der Waals surface area contributed by atoms with Crippen molar-refractivity contribution >= 4 is 27.7 Å². The Labute approximate surface area is 134 Å². The standard InChI is InChI=1S/C17H11N3O4/c1-9-2-7-13-12(8-9)16(21)14-15(19-24-17(14)18-13)10-3-5-11(6-4-10)20(22)23/h2-8H,1H3,(H,18,21). The molecule has 0 amide bonds. The molecule has 1 N–H and O–H groups in total. The van der Waals surface area contributed by atoms with E-state index >= 15 is 0 Å². The maximum absolute atomic E-state index is 12.8. The fraction of sp³-hybridized carbons (Fsp3) is 0.0588. The normalized spacial score (nSPS) is 11.2. The first-order valence-electron chi connectivity index (χ1n) is 7.21. The monoisotopic (exact) mass is 321 g/mol. The van der Waals surface area contributed by atoms with Crippen LogP contribution in [-0.2, 0) is 0 Å². The molecule has 2 aromatic heterocycles. The molecular formula is C17H11N3O4. The van der Waals surface area contributed by atoms with Gasteiger partial charge in [0.15, 0.2) is 0 Å². The number of rotatable bonds is 2. The second-order valence-electron chi connectivity index (χ2n) is 5.54. The predicted molar refractivity (Wildman–Crippen MR) is 89.0 cm³/mol. The van der Waals surface area contributed by atoms with Gasteiger partial charge in [-0.15, -0.1) is 0 Å². The van der Waals surface area contributed by atoms with Crippen molar-refractivity contribution in [3.8, 4) is 11.3 Å². The summed E-state index contributed by atoms with van der Waals surface area (Å²) in [6.07, 6.45) is 0. The van der Waals surface area contributed by atoms with E-state index in [1.165, 1.54) is 12.1 Å². The number of hydrogen-bond acceptors (Lipinski definition) is 5. The number of nitrogens with zero attached hydrogens (tertiary/aromatic N) is 2. The molecule has 0 unspecified atom stereocenters. The zero-order valence-corrected chi connectivity index (χ0v) is 12.6. The van der Waals surface area contributed by atoms with E-state index in [4.69, 9.17) is 4.52 Å². The van der Waals surface area contributed by atoms with E-state index in [0.29, 0.717) is 27.5 Å². The Morgan fingerprint density at radius 2 is 1.92 bits per heavy atom. The van der Waals surface area contributed by atoms with Crippen molar-refractivity contribution in [1.82, 2.24) is 10.1 Å². The molecule has 2 aromatic carbocycles. The van der Waals surface area contributed by atoms with Gasteiger partial charge in [0.1, 0.15) is 11.1 Å². The highest BCUT2D eigenvalue weighted by Crippen LogP contribution is 2.27. The fourth-order valence-electron chi connectivity index (χ4n) is 2.74. The van der Waals surface area contributed by atoms with Gasteiger partial charge >= 0.3 is 0 Å². The van der Waals surface area contributed by atoms with E-state index in [-0.39, 0.29) is 16.8 Å². The molecule has 0 spiro atoms. The minimum absolute atomic E-state index is 0.0264. The molecule has 2 heterocycles. The lowest BCUT2D eigenvalue weighted by Gasteiger charge is -2.00. The fourth-order valence-corrected chi connectivity index (χ4v) is 2.74. The van der Waals surface area contributed by atoms with Gasteiger partial charge in [-0.05, 0) is 31.2 Å². The minimum atomic E-state index is -0.478. The summed E-state index contributed by atoms with van der Waals surface area (Å²) in [7, 11) is 0. The van der Waals surface area contributed by atoms with Crippen molar-refractivity contribution in [2.24, 2.45) is 0 Å². The number of non-ortho nitro benzene ring substituents is 1. The number of benzene rings is 2. The number of aryl methyl sites for hydroxylation is 1. The molecule has 0 aliphatic carbocycles. The van der Waals surface area contributed by atoms with E-state index in [0.717, 1.165) is 5.56 Å². The maximum atomic E-state index is 12.8. The van der Waals surface area contributed by atoms with Crippen LogP contribution in [0.1, 0.15) is 5.56 Å². The smallest absolute Gasteiger partial charge is 0.269 e. The van der Waals surface area contributed by atoms with Crippen LogP contribution in [-0.4, -0.2) is 15.1 Å². The van der Waals surface area contributed by atoms with Crippen molar-refractivity contribution in [3.05, 3.63) is 68.4 Å². The largest absolute Gasteiger partial charge is 0.337 e. The molecule has 24 heavy (non-hydrogen) atoms. The average Bonchev–Trinajstić information content (AvgIpc) is 3.00. The summed E-state index contributed by atoms with van der Waals surface area (Å²) in [4.78, 5) is 26.2. The average molecular weight is 321 g/mol. The van der Waals surface area contributed by atoms with Gasteiger partial charge in [-0.2, -0.15) is 0 Å². The lowest BCUT2D eigenvalue weighted by molar-refractivity contribution is -0.384. The number of aromatic nitrogens is 2. The van der Waals surface area contributed by atoms with Crippen LogP contribution in [0.5, 0.6) is 0 Å². The second kappa shape index (κ2) is 5.02. The van der Waals surface area contributed by atoms with Gasteiger partial charge in [-0.3, -0.25) is 14.9 Å². The molecule has 0 atom stereocenters. The summed E-state index contributed by atoms with van der Waals surface area (Å²) in [6, 6.07) is 11.4. The molecule has 4 aromatic rings. The van der Waals surface area contributed by atoms with E-state index in [1.54, 1.807) is 18.2 Å². The topological polar surface area (TPSA) is 102 Å². The molecule has 4 rings (SSSR count). The molecule has 0 aliphatic heterocycles. The third-order valence-electron chi connectivity index (χ3n) is 3.94. The molecular weight excluding hydrogens is 310 g/mol. The van der Waals surface area contributed by atoms with Crippen LogP contribution in [0.15, 0.2) is 51.8 Å². The predicted octanol–water partition coefficient (Wildman–Crippen LogP) is 3.55. The van der Waals surface area contributed by atoms with Gasteiger partial charge in [-0.1, -0.05) is 16.8 Å². The molecule has 118 valence electrons. The molecule has 0 fully saturated rings. The van der Waals surface area contributed by atoms with E-state index in [1.807, 2.05) is 19.1 Å². The van der Waals surface area contributed by atoms with Crippen LogP contribution in [0, 0.1) is 17.0 Å². The van der Waals surface area contributed by atoms with Crippen LogP contribution in [0.2, 0.25) is 0 Å². The number of nitro benzene ring substituents is 1. The first kappa shape index (κ1) is 14.1. The van der Waals surface area contributed by atoms with E-state index < -0.39 is 4.92 Å². The highest BCUT2D eigenvalue weighted by molar-refractivity contribution is 5.97. The van der Waals surface area contributed by atoms with Gasteiger partial charge in [-0.25, -0.2) is 0 Å². The zero-order chi connectivity index (χ0) is 16.8. The van der Waals surface area contributed by atoms with Gasteiger partial charge < -0.3 is 9.51 Å². The molecule has 7 nitrogen and oxygen atoms in total. The number of hydrogen-bond donors (Lipinski definition) is 1. The Kier molecular flexibility index (Phi) is 2.96. The molecule has 0 bridgehead atoms. The number of H-pyrrole nitrogens is 1. The molecule has 0 saturated heterocycles. The highest BCUT2D eigenvalue weighted by Gasteiger charge is 2.17. The summed E-state index contributed by atoms with van der Waals surface area (Å²) in [5.74, 6) is 0. The highest BCUT2D eigenvalue weighted by atomic mass is 16.6. The number of aromatic amines is 1. The first-order valence-corrected chi connectivity index (χ1v) is 7.21. The van der Waals surface area contributed by atoms with Crippen LogP contribution < -0.4 is 5.43 Å². The first-order chi connectivity index (χ1) is 11.5. The molecule has 7 heteroatoms. The number of pyridine rings is 1. The molecule has 0 aliphatic rings. The van der Waals surface area contributed by atoms with E-state index in [2.05, 4.69) is 10.1 Å². The Bertz CT molecular complexity index is 1160. The lowest BCUT2D eigenvalue weighted by Crippen LogP contribution is -2.04. The second-order valence-corrected chi connectivity index (χ2v) is 5.54.